The van der Waals surface area contributed by atoms with Gasteiger partial charge in [-0.25, -0.2) is 4.98 Å². The number of benzene rings is 1. The van der Waals surface area contributed by atoms with Gasteiger partial charge in [0.1, 0.15) is 5.82 Å². The standard InChI is InChI=1S/C14H14Cl2N4/c1-8-6-13(20-14(17-8)18-10-3-4-10)19-12-7-9(15)2-5-11(12)16/h2,5-7,10H,3-4H2,1H3,(H2,17,18,19,20). The van der Waals surface area contributed by atoms with Gasteiger partial charge in [-0.05, 0) is 38.0 Å². The molecule has 1 heterocycles. The third-order valence-corrected chi connectivity index (χ3v) is 3.52. The molecule has 0 spiro atoms. The molecule has 2 N–H and O–H groups in total. The lowest BCUT2D eigenvalue weighted by Gasteiger charge is -2.11. The number of aryl methyl sites for hydroxylation is 1. The highest BCUT2D eigenvalue weighted by Crippen LogP contribution is 2.29. The molecule has 1 fully saturated rings. The predicted octanol–water partition coefficient (Wildman–Crippen LogP) is 4.41. The molecule has 4 nitrogen and oxygen atoms in total. The van der Waals surface area contributed by atoms with E-state index in [1.165, 1.54) is 12.8 Å². The minimum absolute atomic E-state index is 0.513. The first-order valence-corrected chi connectivity index (χ1v) is 7.20. The van der Waals surface area contributed by atoms with Crippen molar-refractivity contribution in [3.05, 3.63) is 40.0 Å². The first-order chi connectivity index (χ1) is 9.60. The van der Waals surface area contributed by atoms with E-state index in [2.05, 4.69) is 20.6 Å². The Labute approximate surface area is 127 Å². The van der Waals surface area contributed by atoms with Gasteiger partial charge in [0.25, 0.3) is 0 Å². The fraction of sp³-hybridized carbons (Fsp3) is 0.286. The van der Waals surface area contributed by atoms with Crippen LogP contribution in [0.5, 0.6) is 0 Å². The molecule has 0 atom stereocenters. The van der Waals surface area contributed by atoms with Crippen LogP contribution < -0.4 is 10.6 Å². The molecule has 1 aliphatic rings. The fourth-order valence-corrected chi connectivity index (χ4v) is 2.18. The van der Waals surface area contributed by atoms with Crippen LogP contribution in [0.1, 0.15) is 18.5 Å². The molecule has 3 rings (SSSR count). The number of nitrogens with zero attached hydrogens (tertiary/aromatic N) is 2. The molecule has 0 amide bonds. The highest BCUT2D eigenvalue weighted by Gasteiger charge is 2.22. The van der Waals surface area contributed by atoms with E-state index < -0.39 is 0 Å². The SMILES string of the molecule is Cc1cc(Nc2cc(Cl)ccc2Cl)nc(NC2CC2)n1. The van der Waals surface area contributed by atoms with Gasteiger partial charge in [0.15, 0.2) is 0 Å². The van der Waals surface area contributed by atoms with Gasteiger partial charge < -0.3 is 10.6 Å². The van der Waals surface area contributed by atoms with Crippen LogP contribution in [0.4, 0.5) is 17.5 Å². The summed E-state index contributed by atoms with van der Waals surface area (Å²) >= 11 is 12.1. The molecule has 104 valence electrons. The zero-order valence-corrected chi connectivity index (χ0v) is 12.5. The number of hydrogen-bond donors (Lipinski definition) is 2. The van der Waals surface area contributed by atoms with Gasteiger partial charge in [0.2, 0.25) is 5.95 Å². The van der Waals surface area contributed by atoms with Gasteiger partial charge in [-0.2, -0.15) is 4.98 Å². The zero-order valence-electron chi connectivity index (χ0n) is 11.0. The summed E-state index contributed by atoms with van der Waals surface area (Å²) in [5.74, 6) is 1.35. The molecule has 0 radical (unpaired) electrons. The first kappa shape index (κ1) is 13.5. The van der Waals surface area contributed by atoms with Gasteiger partial charge in [-0.1, -0.05) is 23.2 Å². The molecular weight excluding hydrogens is 295 g/mol. The maximum Gasteiger partial charge on any atom is 0.225 e. The van der Waals surface area contributed by atoms with E-state index in [1.54, 1.807) is 18.2 Å². The molecule has 20 heavy (non-hydrogen) atoms. The minimum Gasteiger partial charge on any atom is -0.351 e. The van der Waals surface area contributed by atoms with Crippen molar-refractivity contribution in [1.29, 1.82) is 0 Å². The van der Waals surface area contributed by atoms with E-state index in [-0.39, 0.29) is 0 Å². The quantitative estimate of drug-likeness (QED) is 0.878. The highest BCUT2D eigenvalue weighted by atomic mass is 35.5. The second-order valence-corrected chi connectivity index (χ2v) is 5.73. The monoisotopic (exact) mass is 308 g/mol. The average molecular weight is 309 g/mol. The van der Waals surface area contributed by atoms with Crippen LogP contribution in [-0.4, -0.2) is 16.0 Å². The van der Waals surface area contributed by atoms with Gasteiger partial charge in [-0.15, -0.1) is 0 Å². The summed E-state index contributed by atoms with van der Waals surface area (Å²) in [6, 6.07) is 7.66. The molecule has 0 unspecified atom stereocenters. The zero-order chi connectivity index (χ0) is 14.1. The summed E-state index contributed by atoms with van der Waals surface area (Å²) in [5.41, 5.74) is 1.62. The number of anilines is 3. The van der Waals surface area contributed by atoms with Gasteiger partial charge >= 0.3 is 0 Å². The second kappa shape index (κ2) is 5.46. The van der Waals surface area contributed by atoms with E-state index in [9.17, 15) is 0 Å². The molecular formula is C14H14Cl2N4. The third kappa shape index (κ3) is 3.32. The Balaban J connectivity index is 1.85. The van der Waals surface area contributed by atoms with Crippen LogP contribution in [0.3, 0.4) is 0 Å². The lowest BCUT2D eigenvalue weighted by atomic mass is 10.3. The number of rotatable bonds is 4. The van der Waals surface area contributed by atoms with Crippen molar-refractivity contribution in [2.24, 2.45) is 0 Å². The van der Waals surface area contributed by atoms with E-state index in [0.29, 0.717) is 27.9 Å². The molecule has 0 saturated heterocycles. The number of hydrogen-bond acceptors (Lipinski definition) is 4. The van der Waals surface area contributed by atoms with Crippen LogP contribution in [0.2, 0.25) is 10.0 Å². The molecule has 0 bridgehead atoms. The summed E-state index contributed by atoms with van der Waals surface area (Å²) in [6.45, 7) is 1.94. The van der Waals surface area contributed by atoms with Crippen LogP contribution in [0.25, 0.3) is 0 Å². The second-order valence-electron chi connectivity index (χ2n) is 4.89. The van der Waals surface area contributed by atoms with Crippen molar-refractivity contribution in [3.63, 3.8) is 0 Å². The van der Waals surface area contributed by atoms with Crippen molar-refractivity contribution in [2.45, 2.75) is 25.8 Å². The molecule has 6 heteroatoms. The molecule has 1 aromatic carbocycles. The minimum atomic E-state index is 0.513. The van der Waals surface area contributed by atoms with Crippen molar-refractivity contribution >= 4 is 40.7 Å². The molecule has 0 aliphatic heterocycles. The van der Waals surface area contributed by atoms with E-state index in [4.69, 9.17) is 23.2 Å². The van der Waals surface area contributed by atoms with Crippen LogP contribution in [0, 0.1) is 6.92 Å². The smallest absolute Gasteiger partial charge is 0.225 e. The summed E-state index contributed by atoms with van der Waals surface area (Å²) < 4.78 is 0. The van der Waals surface area contributed by atoms with E-state index in [0.717, 1.165) is 11.4 Å². The average Bonchev–Trinajstić information content (AvgIpc) is 3.17. The maximum absolute atomic E-state index is 6.14. The topological polar surface area (TPSA) is 49.8 Å². The van der Waals surface area contributed by atoms with Gasteiger partial charge in [-0.3, -0.25) is 0 Å². The van der Waals surface area contributed by atoms with Crippen molar-refractivity contribution in [3.8, 4) is 0 Å². The Bertz CT molecular complexity index is 641. The van der Waals surface area contributed by atoms with Crippen LogP contribution in [-0.2, 0) is 0 Å². The van der Waals surface area contributed by atoms with Gasteiger partial charge in [0.05, 0.1) is 10.7 Å². The summed E-state index contributed by atoms with van der Waals surface area (Å²) in [7, 11) is 0. The van der Waals surface area contributed by atoms with Crippen molar-refractivity contribution in [2.75, 3.05) is 10.6 Å². The number of aromatic nitrogens is 2. The Morgan fingerprint density at radius 3 is 2.70 bits per heavy atom. The van der Waals surface area contributed by atoms with Crippen molar-refractivity contribution in [1.82, 2.24) is 9.97 Å². The largest absolute Gasteiger partial charge is 0.351 e. The van der Waals surface area contributed by atoms with Crippen LogP contribution >= 0.6 is 23.2 Å². The van der Waals surface area contributed by atoms with Gasteiger partial charge in [0, 0.05) is 22.8 Å². The summed E-state index contributed by atoms with van der Waals surface area (Å²) in [4.78, 5) is 8.82. The maximum atomic E-state index is 6.14. The summed E-state index contributed by atoms with van der Waals surface area (Å²) in [6.07, 6.45) is 2.36. The Hall–Kier alpha value is -1.52. The number of halogens is 2. The third-order valence-electron chi connectivity index (χ3n) is 2.96. The molecule has 1 saturated carbocycles. The highest BCUT2D eigenvalue weighted by molar-refractivity contribution is 6.35. The fourth-order valence-electron chi connectivity index (χ4n) is 1.84. The Morgan fingerprint density at radius 1 is 1.15 bits per heavy atom. The molecule has 2 aromatic rings. The van der Waals surface area contributed by atoms with Crippen molar-refractivity contribution < 1.29 is 0 Å². The normalized spacial score (nSPS) is 14.2. The Kier molecular flexibility index (Phi) is 3.68. The molecule has 1 aliphatic carbocycles. The predicted molar refractivity (Wildman–Crippen MR) is 83.2 cm³/mol. The first-order valence-electron chi connectivity index (χ1n) is 6.44. The lowest BCUT2D eigenvalue weighted by molar-refractivity contribution is 1.03. The molecule has 1 aromatic heterocycles. The number of nitrogens with one attached hydrogen (secondary N) is 2. The lowest BCUT2D eigenvalue weighted by Crippen LogP contribution is -2.07. The van der Waals surface area contributed by atoms with E-state index >= 15 is 0 Å². The van der Waals surface area contributed by atoms with E-state index in [1.807, 2.05) is 13.0 Å². The summed E-state index contributed by atoms with van der Waals surface area (Å²) in [5, 5.41) is 7.69. The van der Waals surface area contributed by atoms with Crippen LogP contribution in [0.15, 0.2) is 24.3 Å². The Morgan fingerprint density at radius 2 is 1.95 bits per heavy atom.